The second-order valence-corrected chi connectivity index (χ2v) is 10.4. The molecule has 1 saturated heterocycles. The summed E-state index contributed by atoms with van der Waals surface area (Å²) in [6.45, 7) is 4.10. The van der Waals surface area contributed by atoms with Crippen molar-refractivity contribution in [1.82, 2.24) is 10.3 Å². The van der Waals surface area contributed by atoms with E-state index in [0.717, 1.165) is 45.5 Å². The lowest BCUT2D eigenvalue weighted by atomic mass is 10.0. The van der Waals surface area contributed by atoms with Gasteiger partial charge in [-0.3, -0.25) is 4.98 Å². The van der Waals surface area contributed by atoms with Gasteiger partial charge < -0.3 is 19.4 Å². The molecule has 5 nitrogen and oxygen atoms in total. The van der Waals surface area contributed by atoms with Crippen LogP contribution < -0.4 is 15.0 Å². The summed E-state index contributed by atoms with van der Waals surface area (Å²) in [6.07, 6.45) is 1.79. The molecule has 194 valence electrons. The molecule has 3 aromatic carbocycles. The fourth-order valence-electron chi connectivity index (χ4n) is 4.86. The number of aromatic nitrogens is 1. The molecule has 1 aliphatic heterocycles. The maximum atomic E-state index is 6.50. The monoisotopic (exact) mass is 551 g/mol. The van der Waals surface area contributed by atoms with Gasteiger partial charge in [0.15, 0.2) is 5.11 Å². The van der Waals surface area contributed by atoms with Crippen molar-refractivity contribution >= 4 is 34.6 Å². The number of furan rings is 1. The molecular weight excluding hydrogens is 526 g/mol. The second kappa shape index (κ2) is 10.6. The molecule has 3 heterocycles. The summed E-state index contributed by atoms with van der Waals surface area (Å²) in [4.78, 5) is 6.71. The van der Waals surface area contributed by atoms with Gasteiger partial charge in [-0.2, -0.15) is 0 Å². The Morgan fingerprint density at radius 1 is 0.897 bits per heavy atom. The normalized spacial score (nSPS) is 16.8. The van der Waals surface area contributed by atoms with Gasteiger partial charge in [0.05, 0.1) is 11.7 Å². The SMILES string of the molecule is Cc1ccc(Oc2ccc(N3C(=S)N[C@@H](c4ccccn4)[C@@H]3c3ccc(-c4cc(Cl)ccc4C)o3)cc2)cc1. The number of nitrogens with zero attached hydrogens (tertiary/aromatic N) is 2. The lowest BCUT2D eigenvalue weighted by Crippen LogP contribution is -2.29. The number of aryl methyl sites for hydroxylation is 2. The molecule has 0 saturated carbocycles. The number of anilines is 1. The van der Waals surface area contributed by atoms with Gasteiger partial charge in [0.1, 0.15) is 29.1 Å². The van der Waals surface area contributed by atoms with Crippen LogP contribution in [-0.4, -0.2) is 10.1 Å². The van der Waals surface area contributed by atoms with Crippen molar-refractivity contribution in [3.05, 3.63) is 131 Å². The topological polar surface area (TPSA) is 50.5 Å². The number of ether oxygens (including phenoxy) is 1. The van der Waals surface area contributed by atoms with E-state index in [4.69, 9.17) is 33.0 Å². The maximum absolute atomic E-state index is 6.50. The molecule has 39 heavy (non-hydrogen) atoms. The van der Waals surface area contributed by atoms with Crippen LogP contribution in [0.4, 0.5) is 5.69 Å². The Kier molecular flexibility index (Phi) is 6.81. The largest absolute Gasteiger partial charge is 0.459 e. The summed E-state index contributed by atoms with van der Waals surface area (Å²) >= 11 is 12.2. The molecule has 2 atom stereocenters. The Morgan fingerprint density at radius 3 is 2.36 bits per heavy atom. The van der Waals surface area contributed by atoms with Crippen LogP contribution in [0.2, 0.25) is 5.02 Å². The first-order chi connectivity index (χ1) is 19.0. The Labute approximate surface area is 238 Å². The van der Waals surface area contributed by atoms with Gasteiger partial charge in [-0.25, -0.2) is 0 Å². The minimum Gasteiger partial charge on any atom is -0.459 e. The van der Waals surface area contributed by atoms with Crippen molar-refractivity contribution in [1.29, 1.82) is 0 Å². The fraction of sp³-hybridized carbons (Fsp3) is 0.125. The van der Waals surface area contributed by atoms with E-state index in [0.29, 0.717) is 10.1 Å². The second-order valence-electron chi connectivity index (χ2n) is 9.57. The van der Waals surface area contributed by atoms with Crippen LogP contribution in [0.15, 0.2) is 108 Å². The highest BCUT2D eigenvalue weighted by Gasteiger charge is 2.42. The van der Waals surface area contributed by atoms with Crippen LogP contribution in [0, 0.1) is 13.8 Å². The first-order valence-electron chi connectivity index (χ1n) is 12.7. The minimum absolute atomic E-state index is 0.207. The third-order valence-corrected chi connectivity index (χ3v) is 7.40. The zero-order chi connectivity index (χ0) is 26.9. The predicted molar refractivity (Wildman–Crippen MR) is 160 cm³/mol. The van der Waals surface area contributed by atoms with E-state index in [9.17, 15) is 0 Å². The third kappa shape index (κ3) is 5.13. The number of benzene rings is 3. The van der Waals surface area contributed by atoms with E-state index in [1.807, 2.05) is 104 Å². The Morgan fingerprint density at radius 2 is 1.64 bits per heavy atom. The summed E-state index contributed by atoms with van der Waals surface area (Å²) in [5, 5.41) is 4.74. The van der Waals surface area contributed by atoms with E-state index in [1.165, 1.54) is 5.56 Å². The zero-order valence-corrected chi connectivity index (χ0v) is 23.0. The molecule has 0 spiro atoms. The molecule has 0 amide bonds. The van der Waals surface area contributed by atoms with E-state index in [-0.39, 0.29) is 12.1 Å². The number of thiocarbonyl (C=S) groups is 1. The Balaban J connectivity index is 1.36. The zero-order valence-electron chi connectivity index (χ0n) is 21.5. The molecule has 0 radical (unpaired) electrons. The predicted octanol–water partition coefficient (Wildman–Crippen LogP) is 8.58. The average Bonchev–Trinajstić information content (AvgIpc) is 3.57. The highest BCUT2D eigenvalue weighted by atomic mass is 35.5. The van der Waals surface area contributed by atoms with Crippen molar-refractivity contribution in [2.45, 2.75) is 25.9 Å². The lowest BCUT2D eigenvalue weighted by Gasteiger charge is -2.26. The van der Waals surface area contributed by atoms with Gasteiger partial charge >= 0.3 is 0 Å². The van der Waals surface area contributed by atoms with Gasteiger partial charge in [-0.1, -0.05) is 41.4 Å². The molecule has 0 bridgehead atoms. The number of hydrogen-bond acceptors (Lipinski definition) is 4. The van der Waals surface area contributed by atoms with E-state index < -0.39 is 0 Å². The number of halogens is 1. The van der Waals surface area contributed by atoms with Crippen molar-refractivity contribution in [2.24, 2.45) is 0 Å². The number of rotatable bonds is 6. The number of hydrogen-bond donors (Lipinski definition) is 1. The fourth-order valence-corrected chi connectivity index (χ4v) is 5.37. The lowest BCUT2D eigenvalue weighted by molar-refractivity contribution is 0.439. The smallest absolute Gasteiger partial charge is 0.174 e. The minimum atomic E-state index is -0.260. The van der Waals surface area contributed by atoms with Crippen molar-refractivity contribution in [2.75, 3.05) is 4.90 Å². The molecule has 1 aliphatic rings. The van der Waals surface area contributed by atoms with Crippen LogP contribution in [0.1, 0.15) is 34.7 Å². The van der Waals surface area contributed by atoms with E-state index in [1.54, 1.807) is 6.20 Å². The first kappa shape index (κ1) is 25.2. The molecule has 2 aromatic heterocycles. The summed E-state index contributed by atoms with van der Waals surface area (Å²) in [6, 6.07) is 31.1. The van der Waals surface area contributed by atoms with Crippen LogP contribution in [-0.2, 0) is 0 Å². The van der Waals surface area contributed by atoms with Gasteiger partial charge in [0.2, 0.25) is 0 Å². The highest BCUT2D eigenvalue weighted by Crippen LogP contribution is 2.43. The summed E-state index contributed by atoms with van der Waals surface area (Å²) in [5.74, 6) is 3.06. The van der Waals surface area contributed by atoms with E-state index in [2.05, 4.69) is 22.1 Å². The summed E-state index contributed by atoms with van der Waals surface area (Å²) in [7, 11) is 0. The van der Waals surface area contributed by atoms with E-state index >= 15 is 0 Å². The molecule has 1 fully saturated rings. The third-order valence-electron chi connectivity index (χ3n) is 6.85. The van der Waals surface area contributed by atoms with Gasteiger partial charge in [-0.05, 0) is 104 Å². The first-order valence-corrected chi connectivity index (χ1v) is 13.5. The maximum Gasteiger partial charge on any atom is 0.174 e. The molecule has 7 heteroatoms. The molecule has 1 N–H and O–H groups in total. The molecular formula is C32H26ClN3O2S. The van der Waals surface area contributed by atoms with Crippen LogP contribution >= 0.6 is 23.8 Å². The average molecular weight is 552 g/mol. The van der Waals surface area contributed by atoms with Gasteiger partial charge in [0.25, 0.3) is 0 Å². The van der Waals surface area contributed by atoms with Crippen LogP contribution in [0.25, 0.3) is 11.3 Å². The van der Waals surface area contributed by atoms with Crippen LogP contribution in [0.5, 0.6) is 11.5 Å². The molecule has 0 unspecified atom stereocenters. The number of nitrogens with one attached hydrogen (secondary N) is 1. The Hall–Kier alpha value is -4.13. The van der Waals surface area contributed by atoms with Gasteiger partial charge in [-0.15, -0.1) is 0 Å². The van der Waals surface area contributed by atoms with Crippen molar-refractivity contribution < 1.29 is 9.15 Å². The molecule has 0 aliphatic carbocycles. The van der Waals surface area contributed by atoms with Gasteiger partial charge in [0, 0.05) is 22.5 Å². The summed E-state index contributed by atoms with van der Waals surface area (Å²) in [5.41, 5.74) is 5.03. The highest BCUT2D eigenvalue weighted by molar-refractivity contribution is 7.80. The summed E-state index contributed by atoms with van der Waals surface area (Å²) < 4.78 is 12.5. The van der Waals surface area contributed by atoms with Crippen LogP contribution in [0.3, 0.4) is 0 Å². The molecule has 5 aromatic rings. The quantitative estimate of drug-likeness (QED) is 0.213. The Bertz CT molecular complexity index is 1620. The van der Waals surface area contributed by atoms with Crippen molar-refractivity contribution in [3.8, 4) is 22.8 Å². The standard InChI is InChI=1S/C32H26ClN3O2S/c1-20-6-12-24(13-7-20)37-25-14-10-23(11-15-25)36-31(30(35-32(36)39)27-5-3-4-18-34-27)29-17-16-28(38-29)26-19-22(33)9-8-21(26)2/h3-19,30-31H,1-2H3,(H,35,39)/t30-,31-/m0/s1. The number of pyridine rings is 1. The van der Waals surface area contributed by atoms with Crippen molar-refractivity contribution in [3.63, 3.8) is 0 Å². The molecule has 6 rings (SSSR count).